The van der Waals surface area contributed by atoms with Gasteiger partial charge in [-0.1, -0.05) is 48.2 Å². The second-order valence-electron chi connectivity index (χ2n) is 2.62. The summed E-state index contributed by atoms with van der Waals surface area (Å²) in [4.78, 5) is 0. The Morgan fingerprint density at radius 3 is 2.79 bits per heavy atom. The van der Waals surface area contributed by atoms with E-state index in [-0.39, 0.29) is 0 Å². The van der Waals surface area contributed by atoms with Crippen LogP contribution in [0.15, 0.2) is 43.0 Å². The van der Waals surface area contributed by atoms with E-state index in [0.29, 0.717) is 11.0 Å². The Morgan fingerprint density at radius 1 is 1.43 bits per heavy atom. The average Bonchev–Trinajstić information content (AvgIpc) is 2.25. The van der Waals surface area contributed by atoms with Crippen LogP contribution in [0.2, 0.25) is 0 Å². The van der Waals surface area contributed by atoms with Crippen LogP contribution in [0.3, 0.4) is 0 Å². The summed E-state index contributed by atoms with van der Waals surface area (Å²) in [5.41, 5.74) is 1.13. The molecule has 0 amide bonds. The summed E-state index contributed by atoms with van der Waals surface area (Å²) >= 11 is 6.50. The monoisotopic (exact) mass is 224 g/mol. The maximum absolute atomic E-state index is 5.38. The molecule has 0 radical (unpaired) electrons. The molecule has 1 aromatic rings. The summed E-state index contributed by atoms with van der Waals surface area (Å²) in [6.07, 6.45) is 1.81. The molecule has 0 unspecified atom stereocenters. The van der Waals surface area contributed by atoms with Crippen molar-refractivity contribution in [3.05, 3.63) is 48.6 Å². The molecule has 0 fully saturated rings. The molecule has 0 heterocycles. The Morgan fingerprint density at radius 2 is 2.14 bits per heavy atom. The van der Waals surface area contributed by atoms with Gasteiger partial charge in [0.15, 0.2) is 0 Å². The fourth-order valence-corrected chi connectivity index (χ4v) is 1.54. The Balaban J connectivity index is 2.27. The highest BCUT2D eigenvalue weighted by atomic mass is 32.2. The van der Waals surface area contributed by atoms with Crippen LogP contribution in [0.5, 0.6) is 0 Å². The molecule has 1 nitrogen and oxygen atoms in total. The number of thioether (sulfide) groups is 1. The van der Waals surface area contributed by atoms with Gasteiger partial charge in [-0.05, 0) is 17.8 Å². The minimum atomic E-state index is 0.545. The van der Waals surface area contributed by atoms with Crippen molar-refractivity contribution in [2.75, 3.05) is 5.75 Å². The largest absolute Gasteiger partial charge is 0.474 e. The van der Waals surface area contributed by atoms with Crippen LogP contribution in [-0.2, 0) is 11.3 Å². The van der Waals surface area contributed by atoms with Crippen molar-refractivity contribution in [3.8, 4) is 0 Å². The van der Waals surface area contributed by atoms with E-state index in [9.17, 15) is 0 Å². The number of hydrogen-bond acceptors (Lipinski definition) is 3. The first-order chi connectivity index (χ1) is 6.83. The highest BCUT2D eigenvalue weighted by Gasteiger charge is 1.97. The molecule has 14 heavy (non-hydrogen) atoms. The van der Waals surface area contributed by atoms with Crippen molar-refractivity contribution < 1.29 is 4.74 Å². The highest BCUT2D eigenvalue weighted by molar-refractivity contribution is 8.22. The van der Waals surface area contributed by atoms with Crippen LogP contribution in [0, 0.1) is 0 Å². The van der Waals surface area contributed by atoms with Gasteiger partial charge in [0.1, 0.15) is 6.61 Å². The first-order valence-electron chi connectivity index (χ1n) is 4.27. The first kappa shape index (κ1) is 11.3. The van der Waals surface area contributed by atoms with E-state index < -0.39 is 0 Å². The molecular weight excluding hydrogens is 212 g/mol. The van der Waals surface area contributed by atoms with E-state index in [1.807, 2.05) is 36.4 Å². The zero-order valence-electron chi connectivity index (χ0n) is 7.81. The Hall–Kier alpha value is -0.800. The smallest absolute Gasteiger partial charge is 0.220 e. The molecular formula is C11H12OS2. The molecule has 0 aromatic heterocycles. The van der Waals surface area contributed by atoms with Gasteiger partial charge in [-0.2, -0.15) is 0 Å². The summed E-state index contributed by atoms with van der Waals surface area (Å²) < 4.78 is 5.95. The van der Waals surface area contributed by atoms with Gasteiger partial charge in [-0.25, -0.2) is 0 Å². The number of benzene rings is 1. The fourth-order valence-electron chi connectivity index (χ4n) is 0.885. The van der Waals surface area contributed by atoms with Crippen molar-refractivity contribution in [2.24, 2.45) is 0 Å². The summed E-state index contributed by atoms with van der Waals surface area (Å²) in [5, 5.41) is 0. The fraction of sp³-hybridized carbons (Fsp3) is 0.182. The van der Waals surface area contributed by atoms with Crippen LogP contribution >= 0.6 is 24.0 Å². The zero-order valence-corrected chi connectivity index (χ0v) is 9.44. The maximum atomic E-state index is 5.38. The molecule has 0 spiro atoms. The van der Waals surface area contributed by atoms with E-state index in [2.05, 4.69) is 6.58 Å². The average molecular weight is 224 g/mol. The molecule has 1 rings (SSSR count). The number of thiocarbonyl (C=S) groups is 1. The molecule has 0 aliphatic heterocycles. The number of ether oxygens (including phenoxy) is 1. The van der Waals surface area contributed by atoms with Crippen molar-refractivity contribution in [1.29, 1.82) is 0 Å². The van der Waals surface area contributed by atoms with Crippen molar-refractivity contribution in [3.63, 3.8) is 0 Å². The lowest BCUT2D eigenvalue weighted by Gasteiger charge is -2.05. The van der Waals surface area contributed by atoms with Crippen LogP contribution in [0.1, 0.15) is 5.56 Å². The molecule has 74 valence electrons. The Kier molecular flexibility index (Phi) is 5.33. The molecule has 3 heteroatoms. The Labute approximate surface area is 94.2 Å². The molecule has 0 atom stereocenters. The lowest BCUT2D eigenvalue weighted by atomic mass is 10.2. The third-order valence-corrected chi connectivity index (χ3v) is 2.75. The molecule has 0 N–H and O–H groups in total. The highest BCUT2D eigenvalue weighted by Crippen LogP contribution is 2.09. The van der Waals surface area contributed by atoms with Crippen molar-refractivity contribution in [1.82, 2.24) is 0 Å². The van der Waals surface area contributed by atoms with Gasteiger partial charge in [-0.15, -0.1) is 6.58 Å². The van der Waals surface area contributed by atoms with Gasteiger partial charge in [-0.3, -0.25) is 0 Å². The van der Waals surface area contributed by atoms with Crippen LogP contribution in [0.25, 0.3) is 0 Å². The van der Waals surface area contributed by atoms with E-state index in [1.54, 1.807) is 0 Å². The molecule has 0 aliphatic carbocycles. The standard InChI is InChI=1S/C11H12OS2/c1-2-8-14-11(13)12-9-10-6-4-3-5-7-10/h2-7H,1,8-9H2. The lowest BCUT2D eigenvalue weighted by Crippen LogP contribution is -1.97. The second kappa shape index (κ2) is 6.62. The quantitative estimate of drug-likeness (QED) is 0.573. The number of hydrogen-bond donors (Lipinski definition) is 0. The number of rotatable bonds is 4. The van der Waals surface area contributed by atoms with Crippen LogP contribution in [-0.4, -0.2) is 10.1 Å². The summed E-state index contributed by atoms with van der Waals surface area (Å²) in [5.74, 6) is 0.799. The summed E-state index contributed by atoms with van der Waals surface area (Å²) in [7, 11) is 0. The van der Waals surface area contributed by atoms with Crippen LogP contribution in [0.4, 0.5) is 0 Å². The molecule has 0 aliphatic rings. The van der Waals surface area contributed by atoms with Gasteiger partial charge in [0, 0.05) is 5.75 Å². The van der Waals surface area contributed by atoms with E-state index in [4.69, 9.17) is 17.0 Å². The van der Waals surface area contributed by atoms with Gasteiger partial charge in [0.25, 0.3) is 0 Å². The predicted molar refractivity (Wildman–Crippen MR) is 66.5 cm³/mol. The van der Waals surface area contributed by atoms with Gasteiger partial charge < -0.3 is 4.74 Å². The maximum Gasteiger partial charge on any atom is 0.220 e. The predicted octanol–water partition coefficient (Wildman–Crippen LogP) is 3.41. The van der Waals surface area contributed by atoms with Gasteiger partial charge in [0.05, 0.1) is 0 Å². The second-order valence-corrected chi connectivity index (χ2v) is 4.25. The van der Waals surface area contributed by atoms with Crippen LogP contribution < -0.4 is 0 Å². The third kappa shape index (κ3) is 4.44. The van der Waals surface area contributed by atoms with Crippen molar-refractivity contribution >= 4 is 28.4 Å². The lowest BCUT2D eigenvalue weighted by molar-refractivity contribution is 0.310. The van der Waals surface area contributed by atoms with Crippen molar-refractivity contribution in [2.45, 2.75) is 6.61 Å². The molecule has 0 saturated carbocycles. The normalized spacial score (nSPS) is 9.43. The van der Waals surface area contributed by atoms with E-state index >= 15 is 0 Å². The zero-order chi connectivity index (χ0) is 10.2. The van der Waals surface area contributed by atoms with Gasteiger partial charge in [0.2, 0.25) is 4.38 Å². The minimum absolute atomic E-state index is 0.545. The van der Waals surface area contributed by atoms with E-state index in [0.717, 1.165) is 11.3 Å². The Bertz CT molecular complexity index is 295. The SMILES string of the molecule is C=CCSC(=S)OCc1ccccc1. The molecule has 0 bridgehead atoms. The first-order valence-corrected chi connectivity index (χ1v) is 5.66. The molecule has 0 saturated heterocycles. The minimum Gasteiger partial charge on any atom is -0.474 e. The molecule has 1 aromatic carbocycles. The topological polar surface area (TPSA) is 9.23 Å². The van der Waals surface area contributed by atoms with Gasteiger partial charge >= 0.3 is 0 Å². The summed E-state index contributed by atoms with van der Waals surface area (Å²) in [6.45, 7) is 4.16. The third-order valence-electron chi connectivity index (χ3n) is 1.52. The van der Waals surface area contributed by atoms with E-state index in [1.165, 1.54) is 11.8 Å². The summed E-state index contributed by atoms with van der Waals surface area (Å²) in [6, 6.07) is 9.98.